The second-order valence-electron chi connectivity index (χ2n) is 14.8. The van der Waals surface area contributed by atoms with Crippen LogP contribution < -0.4 is 0 Å². The van der Waals surface area contributed by atoms with Gasteiger partial charge in [0.2, 0.25) is 0 Å². The van der Waals surface area contributed by atoms with E-state index in [1.165, 1.54) is 23.3 Å². The molecule has 7 heterocycles. The van der Waals surface area contributed by atoms with Crippen LogP contribution in [0.5, 0.6) is 0 Å². The molecule has 7 N–H and O–H groups in total. The lowest BCUT2D eigenvalue weighted by molar-refractivity contribution is 0.781. The molecule has 17 nitrogen and oxygen atoms in total. The summed E-state index contributed by atoms with van der Waals surface area (Å²) in [4.78, 5) is 17.9. The Morgan fingerprint density at radius 3 is 1.30 bits per heavy atom. The molecule has 0 spiro atoms. The molecule has 0 saturated carbocycles. The number of aromatic amines is 7. The van der Waals surface area contributed by atoms with E-state index in [9.17, 15) is 0 Å². The summed E-state index contributed by atoms with van der Waals surface area (Å²) in [5, 5.41) is 40.0. The van der Waals surface area contributed by atoms with Crippen LogP contribution >= 0.6 is 0 Å². The van der Waals surface area contributed by atoms with E-state index in [0.29, 0.717) is 41.4 Å². The van der Waals surface area contributed by atoms with Gasteiger partial charge in [0.05, 0.1) is 36.3 Å². The second kappa shape index (κ2) is 27.8. The summed E-state index contributed by atoms with van der Waals surface area (Å²) in [7, 11) is 0. The minimum absolute atomic E-state index is 0.456. The summed E-state index contributed by atoms with van der Waals surface area (Å²) in [6.07, 6.45) is 17.7. The van der Waals surface area contributed by atoms with Crippen LogP contribution in [0.15, 0.2) is 68.3 Å². The van der Waals surface area contributed by atoms with Crippen molar-refractivity contribution in [2.45, 2.75) is 138 Å². The first-order valence-corrected chi connectivity index (χ1v) is 19.2. The van der Waals surface area contributed by atoms with Gasteiger partial charge in [-0.2, -0.15) is 46.1 Å². The number of rotatable bonds is 7. The van der Waals surface area contributed by atoms with E-state index in [-0.39, 0.29) is 0 Å². The van der Waals surface area contributed by atoms with Crippen molar-refractivity contribution in [1.29, 1.82) is 0 Å². The molecule has 0 aliphatic carbocycles. The zero-order chi connectivity index (χ0) is 41.9. The van der Waals surface area contributed by atoms with Crippen molar-refractivity contribution >= 4 is 0 Å². The molecule has 0 aliphatic rings. The number of nitrogens with one attached hydrogen (secondary N) is 7. The van der Waals surface area contributed by atoms with Crippen LogP contribution in [0.3, 0.4) is 0 Å². The Hall–Kier alpha value is -5.74. The van der Waals surface area contributed by atoms with Gasteiger partial charge in [0.1, 0.15) is 18.0 Å². The van der Waals surface area contributed by atoms with Gasteiger partial charge in [-0.3, -0.25) is 15.3 Å². The molecule has 7 rings (SSSR count). The standard InChI is InChI=1S/4C6H10N2.3C5H9N3/c1-5(2)6-3-7-4-8-6;1-5(2)6-3-7-8-4-6;1-5(2)6-7-3-4-8-6;1-5(2)6-3-4-7-8-6;1-4(2)5-6-3-7-8-5;2*1-4(2)5-3-6-8-7-5/h4*3-5H,1-2H3,(H,7,8);3*3-4H,1-2H3,(H,6,7,8). The highest BCUT2D eigenvalue weighted by atomic mass is 15.3. The molecule has 0 fully saturated rings. The minimum atomic E-state index is 0.456. The maximum atomic E-state index is 4.06. The number of hydrogen-bond donors (Lipinski definition) is 7. The van der Waals surface area contributed by atoms with Crippen molar-refractivity contribution in [3.8, 4) is 0 Å². The summed E-state index contributed by atoms with van der Waals surface area (Å²) in [6, 6.07) is 1.99. The first kappa shape index (κ1) is 48.3. The number of imidazole rings is 2. The Bertz CT molecular complexity index is 1370. The summed E-state index contributed by atoms with van der Waals surface area (Å²) < 4.78 is 0. The fourth-order valence-corrected chi connectivity index (χ4v) is 3.81. The molecule has 0 unspecified atom stereocenters. The van der Waals surface area contributed by atoms with Crippen LogP contribution in [-0.2, 0) is 0 Å². The highest BCUT2D eigenvalue weighted by Crippen LogP contribution is 2.11. The molecular weight excluding hydrogens is 707 g/mol. The molecule has 0 aromatic carbocycles. The first-order chi connectivity index (χ1) is 26.6. The van der Waals surface area contributed by atoms with Gasteiger partial charge in [0, 0.05) is 54.2 Å². The highest BCUT2D eigenvalue weighted by molar-refractivity contribution is 5.07. The van der Waals surface area contributed by atoms with Crippen LogP contribution in [0.4, 0.5) is 0 Å². The van der Waals surface area contributed by atoms with E-state index in [0.717, 1.165) is 23.0 Å². The lowest BCUT2D eigenvalue weighted by Gasteiger charge is -1.95. The normalized spacial score (nSPS) is 10.4. The molecule has 308 valence electrons. The van der Waals surface area contributed by atoms with E-state index in [2.05, 4.69) is 183 Å². The van der Waals surface area contributed by atoms with Gasteiger partial charge in [-0.05, 0) is 41.2 Å². The van der Waals surface area contributed by atoms with Crippen LogP contribution in [-0.4, -0.2) is 86.3 Å². The van der Waals surface area contributed by atoms with Crippen molar-refractivity contribution in [3.05, 3.63) is 108 Å². The third-order valence-electron chi connectivity index (χ3n) is 7.57. The summed E-state index contributed by atoms with van der Waals surface area (Å²) in [6.45, 7) is 29.5. The largest absolute Gasteiger partial charge is 0.348 e. The van der Waals surface area contributed by atoms with E-state index >= 15 is 0 Å². The number of aromatic nitrogens is 17. The third kappa shape index (κ3) is 21.2. The van der Waals surface area contributed by atoms with Crippen molar-refractivity contribution in [1.82, 2.24) is 86.3 Å². The van der Waals surface area contributed by atoms with Crippen molar-refractivity contribution in [2.24, 2.45) is 0 Å². The Kier molecular flexibility index (Phi) is 24.0. The maximum absolute atomic E-state index is 4.06. The summed E-state index contributed by atoms with van der Waals surface area (Å²) >= 11 is 0. The van der Waals surface area contributed by atoms with E-state index in [1.54, 1.807) is 31.1 Å². The Morgan fingerprint density at radius 1 is 0.482 bits per heavy atom. The summed E-state index contributed by atoms with van der Waals surface area (Å²) in [5.41, 5.74) is 5.70. The van der Waals surface area contributed by atoms with Crippen LogP contribution in [0.1, 0.15) is 178 Å². The molecule has 0 bridgehead atoms. The highest BCUT2D eigenvalue weighted by Gasteiger charge is 2.01. The smallest absolute Gasteiger partial charge is 0.137 e. The predicted molar refractivity (Wildman–Crippen MR) is 222 cm³/mol. The Labute approximate surface area is 332 Å². The van der Waals surface area contributed by atoms with Crippen LogP contribution in [0, 0.1) is 0 Å². The number of hydrogen-bond acceptors (Lipinski definition) is 10. The molecule has 0 amide bonds. The van der Waals surface area contributed by atoms with E-state index < -0.39 is 0 Å². The molecular formula is C39H67N17. The average Bonchev–Trinajstić information content (AvgIpc) is 4.05. The predicted octanol–water partition coefficient (Wildman–Crippen LogP) is 8.92. The van der Waals surface area contributed by atoms with Crippen LogP contribution in [0.2, 0.25) is 0 Å². The number of nitrogens with zero attached hydrogens (tertiary/aromatic N) is 10. The minimum Gasteiger partial charge on any atom is -0.348 e. The van der Waals surface area contributed by atoms with Crippen molar-refractivity contribution in [3.63, 3.8) is 0 Å². The van der Waals surface area contributed by atoms with Gasteiger partial charge in [0.15, 0.2) is 0 Å². The Morgan fingerprint density at radius 2 is 1.09 bits per heavy atom. The topological polar surface area (TPSA) is 239 Å². The van der Waals surface area contributed by atoms with E-state index in [4.69, 9.17) is 0 Å². The maximum Gasteiger partial charge on any atom is 0.137 e. The molecule has 0 saturated heterocycles. The second-order valence-corrected chi connectivity index (χ2v) is 14.8. The Balaban J connectivity index is 0.000000327. The van der Waals surface area contributed by atoms with Gasteiger partial charge in [-0.1, -0.05) is 96.9 Å². The average molecular weight is 774 g/mol. The van der Waals surface area contributed by atoms with Gasteiger partial charge in [-0.15, -0.1) is 0 Å². The monoisotopic (exact) mass is 774 g/mol. The van der Waals surface area contributed by atoms with Gasteiger partial charge in [0.25, 0.3) is 0 Å². The summed E-state index contributed by atoms with van der Waals surface area (Å²) in [5.74, 6) is 5.67. The molecule has 0 radical (unpaired) electrons. The lowest BCUT2D eigenvalue weighted by atomic mass is 10.1. The fraction of sp³-hybridized carbons (Fsp3) is 0.538. The van der Waals surface area contributed by atoms with Gasteiger partial charge < -0.3 is 9.97 Å². The van der Waals surface area contributed by atoms with Crippen LogP contribution in [0.25, 0.3) is 0 Å². The van der Waals surface area contributed by atoms with E-state index in [1.807, 2.05) is 30.9 Å². The quantitative estimate of drug-likeness (QED) is 0.0811. The van der Waals surface area contributed by atoms with Gasteiger partial charge in [-0.25, -0.2) is 15.0 Å². The first-order valence-electron chi connectivity index (χ1n) is 19.2. The zero-order valence-electron chi connectivity index (χ0n) is 35.9. The molecule has 7 aromatic heterocycles. The van der Waals surface area contributed by atoms with Crippen molar-refractivity contribution < 1.29 is 0 Å². The van der Waals surface area contributed by atoms with Crippen molar-refractivity contribution in [2.75, 3.05) is 0 Å². The zero-order valence-corrected chi connectivity index (χ0v) is 35.9. The molecule has 7 aromatic rings. The molecule has 0 atom stereocenters. The molecule has 0 aliphatic heterocycles. The van der Waals surface area contributed by atoms with Gasteiger partial charge >= 0.3 is 0 Å². The lowest BCUT2D eigenvalue weighted by Crippen LogP contribution is -1.88. The SMILES string of the molecule is CC(C)c1ccn[nH]1.CC(C)c1cn[nH]c1.CC(C)c1cn[nH]n1.CC(C)c1cn[nH]n1.CC(C)c1cnc[nH]1.CC(C)c1ncc[nH]1.CC(C)c1ncn[nH]1. The molecule has 17 heteroatoms. The molecule has 56 heavy (non-hydrogen) atoms. The fourth-order valence-electron chi connectivity index (χ4n) is 3.81. The third-order valence-corrected chi connectivity index (χ3v) is 7.57. The number of H-pyrrole nitrogens is 7.